The van der Waals surface area contributed by atoms with Gasteiger partial charge in [-0.2, -0.15) is 0 Å². The highest BCUT2D eigenvalue weighted by Gasteiger charge is 2.24. The van der Waals surface area contributed by atoms with E-state index in [4.69, 9.17) is 0 Å². The first kappa shape index (κ1) is 21.4. The normalized spacial score (nSPS) is 15.2. The zero-order valence-electron chi connectivity index (χ0n) is 18.7. The van der Waals surface area contributed by atoms with Crippen molar-refractivity contribution in [2.24, 2.45) is 0 Å². The summed E-state index contributed by atoms with van der Waals surface area (Å²) in [5, 5.41) is 10.6. The molecule has 1 fully saturated rings. The Morgan fingerprint density at radius 1 is 1.00 bits per heavy atom. The molecule has 0 saturated carbocycles. The molecule has 5 heteroatoms. The Kier molecular flexibility index (Phi) is 6.22. The number of hydrogen-bond acceptors (Lipinski definition) is 3. The number of hydrogen-bond donors (Lipinski definition) is 1. The second-order valence-electron chi connectivity index (χ2n) is 8.92. The highest BCUT2D eigenvalue weighted by Crippen LogP contribution is 2.35. The van der Waals surface area contributed by atoms with Gasteiger partial charge in [0.25, 0.3) is 0 Å². The van der Waals surface area contributed by atoms with Gasteiger partial charge in [0.2, 0.25) is 0 Å². The molecule has 0 atom stereocenters. The maximum Gasteiger partial charge on any atom is 0.335 e. The third-order valence-electron chi connectivity index (χ3n) is 6.76. The van der Waals surface area contributed by atoms with Crippen molar-refractivity contribution in [1.29, 1.82) is 0 Å². The average molecular weight is 440 g/mol. The number of aromatic carboxylic acids is 1. The number of carbonyl (C=O) groups is 1. The maximum atomic E-state index is 11.3. The van der Waals surface area contributed by atoms with Crippen LogP contribution in [0.5, 0.6) is 0 Å². The Bertz CT molecular complexity index is 1240. The number of carboxylic acids is 1. The maximum absolute atomic E-state index is 11.3. The Morgan fingerprint density at radius 2 is 1.82 bits per heavy atom. The molecule has 0 bridgehead atoms. The van der Waals surface area contributed by atoms with Crippen molar-refractivity contribution in [2.75, 3.05) is 13.1 Å². The molecule has 5 rings (SSSR count). The Morgan fingerprint density at radius 3 is 2.61 bits per heavy atom. The number of piperidine rings is 1. The van der Waals surface area contributed by atoms with E-state index in [1.807, 2.05) is 30.5 Å². The molecule has 2 aromatic carbocycles. The van der Waals surface area contributed by atoms with Crippen molar-refractivity contribution >= 4 is 16.9 Å². The molecule has 5 nitrogen and oxygen atoms in total. The monoisotopic (exact) mass is 439 g/mol. The average Bonchev–Trinajstić information content (AvgIpc) is 3.23. The van der Waals surface area contributed by atoms with Crippen molar-refractivity contribution in [2.45, 2.75) is 38.3 Å². The van der Waals surface area contributed by atoms with Crippen molar-refractivity contribution in [3.63, 3.8) is 0 Å². The molecule has 1 aliphatic heterocycles. The van der Waals surface area contributed by atoms with Gasteiger partial charge in [0.05, 0.1) is 5.56 Å². The van der Waals surface area contributed by atoms with Gasteiger partial charge in [0, 0.05) is 48.5 Å². The van der Waals surface area contributed by atoms with Gasteiger partial charge in [-0.25, -0.2) is 4.79 Å². The van der Waals surface area contributed by atoms with Crippen molar-refractivity contribution in [3.05, 3.63) is 102 Å². The number of aromatic nitrogens is 2. The summed E-state index contributed by atoms with van der Waals surface area (Å²) in [7, 11) is 0. The lowest BCUT2D eigenvalue weighted by atomic mass is 9.89. The van der Waals surface area contributed by atoms with E-state index in [1.165, 1.54) is 16.5 Å². The van der Waals surface area contributed by atoms with Crippen LogP contribution in [0.4, 0.5) is 0 Å². The topological polar surface area (TPSA) is 58.4 Å². The van der Waals surface area contributed by atoms with E-state index < -0.39 is 5.97 Å². The number of carboxylic acid groups (broad SMARTS) is 1. The molecule has 0 radical (unpaired) electrons. The second kappa shape index (κ2) is 9.59. The summed E-state index contributed by atoms with van der Waals surface area (Å²) in [6, 6.07) is 22.2. The molecule has 33 heavy (non-hydrogen) atoms. The van der Waals surface area contributed by atoms with Crippen LogP contribution in [0.15, 0.2) is 79.1 Å². The summed E-state index contributed by atoms with van der Waals surface area (Å²) >= 11 is 0. The van der Waals surface area contributed by atoms with Crippen molar-refractivity contribution < 1.29 is 9.90 Å². The van der Waals surface area contributed by atoms with Crippen LogP contribution in [0.2, 0.25) is 0 Å². The minimum absolute atomic E-state index is 0.362. The van der Waals surface area contributed by atoms with E-state index in [2.05, 4.69) is 51.0 Å². The van der Waals surface area contributed by atoms with Gasteiger partial charge in [-0.15, -0.1) is 0 Å². The van der Waals surface area contributed by atoms with E-state index in [-0.39, 0.29) is 0 Å². The van der Waals surface area contributed by atoms with Crippen LogP contribution in [-0.4, -0.2) is 38.6 Å². The number of likely N-dealkylation sites (tertiary alicyclic amines) is 1. The molecule has 0 aliphatic carbocycles. The third-order valence-corrected chi connectivity index (χ3v) is 6.76. The molecule has 168 valence electrons. The summed E-state index contributed by atoms with van der Waals surface area (Å²) in [5.74, 6) is -0.317. The van der Waals surface area contributed by atoms with Crippen molar-refractivity contribution in [1.82, 2.24) is 14.5 Å². The van der Waals surface area contributed by atoms with Crippen LogP contribution < -0.4 is 0 Å². The molecular weight excluding hydrogens is 410 g/mol. The number of benzene rings is 2. The molecule has 0 unspecified atom stereocenters. The number of rotatable bonds is 7. The molecule has 1 saturated heterocycles. The summed E-state index contributed by atoms with van der Waals surface area (Å²) < 4.78 is 2.39. The largest absolute Gasteiger partial charge is 0.478 e. The highest BCUT2D eigenvalue weighted by atomic mass is 16.4. The number of nitrogens with zero attached hydrogens (tertiary/aromatic N) is 3. The van der Waals surface area contributed by atoms with E-state index in [0.29, 0.717) is 11.5 Å². The first-order valence-corrected chi connectivity index (χ1v) is 11.7. The predicted octanol–water partition coefficient (Wildman–Crippen LogP) is 5.36. The molecule has 0 spiro atoms. The summed E-state index contributed by atoms with van der Waals surface area (Å²) in [6.45, 7) is 3.78. The lowest BCUT2D eigenvalue weighted by Gasteiger charge is -2.32. The second-order valence-corrected chi connectivity index (χ2v) is 8.92. The van der Waals surface area contributed by atoms with Crippen LogP contribution in [0, 0.1) is 0 Å². The Balaban J connectivity index is 1.27. The smallest absolute Gasteiger partial charge is 0.335 e. The fraction of sp³-hybridized carbons (Fsp3) is 0.286. The standard InChI is InChI=1S/C28H29N3O2/c32-28(33)23-7-5-6-21(18-23)19-30-15-11-22(12-16-30)26-20-31(27-10-2-1-9-25(26)27)17-13-24-8-3-4-14-29-24/h1-10,14,18,20,22H,11-13,15-17,19H2,(H,32,33). The molecular formula is C28H29N3O2. The van der Waals surface area contributed by atoms with Crippen LogP contribution in [0.25, 0.3) is 10.9 Å². The van der Waals surface area contributed by atoms with Crippen LogP contribution in [0.1, 0.15) is 45.9 Å². The molecule has 2 aromatic heterocycles. The molecule has 0 amide bonds. The minimum Gasteiger partial charge on any atom is -0.478 e. The lowest BCUT2D eigenvalue weighted by molar-refractivity contribution is 0.0696. The molecule has 1 N–H and O–H groups in total. The van der Waals surface area contributed by atoms with Crippen LogP contribution >= 0.6 is 0 Å². The van der Waals surface area contributed by atoms with Crippen LogP contribution in [-0.2, 0) is 19.5 Å². The van der Waals surface area contributed by atoms with E-state index in [9.17, 15) is 9.90 Å². The van der Waals surface area contributed by atoms with Gasteiger partial charge in [-0.1, -0.05) is 36.4 Å². The van der Waals surface area contributed by atoms with Crippen LogP contribution in [0.3, 0.4) is 0 Å². The van der Waals surface area contributed by atoms with Gasteiger partial charge in [0.1, 0.15) is 0 Å². The number of pyridine rings is 1. The predicted molar refractivity (Wildman–Crippen MR) is 131 cm³/mol. The fourth-order valence-electron chi connectivity index (χ4n) is 5.03. The van der Waals surface area contributed by atoms with Crippen molar-refractivity contribution in [3.8, 4) is 0 Å². The lowest BCUT2D eigenvalue weighted by Crippen LogP contribution is -2.32. The highest BCUT2D eigenvalue weighted by molar-refractivity contribution is 5.87. The van der Waals surface area contributed by atoms with Gasteiger partial charge in [-0.05, 0) is 73.3 Å². The number of para-hydroxylation sites is 1. The first-order chi connectivity index (χ1) is 16.2. The molecule has 3 heterocycles. The summed E-state index contributed by atoms with van der Waals surface area (Å²) in [6.07, 6.45) is 7.39. The Hall–Kier alpha value is -3.44. The summed E-state index contributed by atoms with van der Waals surface area (Å²) in [4.78, 5) is 18.2. The number of fused-ring (bicyclic) bond motifs is 1. The molecule has 1 aliphatic rings. The van der Waals surface area contributed by atoms with E-state index in [1.54, 1.807) is 12.1 Å². The third kappa shape index (κ3) is 4.83. The quantitative estimate of drug-likeness (QED) is 0.421. The van der Waals surface area contributed by atoms with E-state index >= 15 is 0 Å². The zero-order chi connectivity index (χ0) is 22.6. The molecule has 4 aromatic rings. The van der Waals surface area contributed by atoms with Gasteiger partial charge < -0.3 is 9.67 Å². The zero-order valence-corrected chi connectivity index (χ0v) is 18.7. The minimum atomic E-state index is -0.866. The SMILES string of the molecule is O=C(O)c1cccc(CN2CCC(c3cn(CCc4ccccn4)c4ccccc34)CC2)c1. The van der Waals surface area contributed by atoms with Gasteiger partial charge >= 0.3 is 5.97 Å². The van der Waals surface area contributed by atoms with Gasteiger partial charge in [0.15, 0.2) is 0 Å². The Labute approximate surface area is 194 Å². The summed E-state index contributed by atoms with van der Waals surface area (Å²) in [5.41, 5.74) is 5.31. The first-order valence-electron chi connectivity index (χ1n) is 11.7. The van der Waals surface area contributed by atoms with E-state index in [0.717, 1.165) is 56.7 Å². The van der Waals surface area contributed by atoms with Gasteiger partial charge in [-0.3, -0.25) is 9.88 Å². The fourth-order valence-corrected chi connectivity index (χ4v) is 5.03. The number of aryl methyl sites for hydroxylation is 2.